The van der Waals surface area contributed by atoms with E-state index in [0.717, 1.165) is 30.7 Å². The molecule has 0 saturated carbocycles. The van der Waals surface area contributed by atoms with Gasteiger partial charge in [0.05, 0.1) is 29.2 Å². The zero-order valence-electron chi connectivity index (χ0n) is 17.7. The van der Waals surface area contributed by atoms with E-state index >= 15 is 0 Å². The number of hydrogen-bond donors (Lipinski definition) is 1. The van der Waals surface area contributed by atoms with Gasteiger partial charge in [-0.2, -0.15) is 28.2 Å². The van der Waals surface area contributed by atoms with Crippen LogP contribution in [0.4, 0.5) is 19.0 Å². The molecule has 32 heavy (non-hydrogen) atoms. The molecular formula is C22H23F3N6O. The van der Waals surface area contributed by atoms with Crippen molar-refractivity contribution in [3.05, 3.63) is 65.6 Å². The third-order valence-electron chi connectivity index (χ3n) is 5.69. The summed E-state index contributed by atoms with van der Waals surface area (Å²) < 4.78 is 38.4. The van der Waals surface area contributed by atoms with Gasteiger partial charge in [0.15, 0.2) is 0 Å². The third-order valence-corrected chi connectivity index (χ3v) is 5.69. The number of carbonyl (C=O) groups is 1. The SMILES string of the molecule is Cc1ccc(C(=O)N2CCC[C@@H](Nc3ccc(C(F)(F)F)cn3)[C@@H]2C)c(-n2nccn2)c1. The lowest BCUT2D eigenvalue weighted by Gasteiger charge is -2.40. The molecule has 10 heteroatoms. The number of nitrogens with zero attached hydrogens (tertiary/aromatic N) is 5. The number of pyridine rings is 1. The predicted molar refractivity (Wildman–Crippen MR) is 112 cm³/mol. The van der Waals surface area contributed by atoms with Crippen molar-refractivity contribution in [1.29, 1.82) is 0 Å². The second kappa shape index (κ2) is 8.60. The number of hydrogen-bond acceptors (Lipinski definition) is 5. The van der Waals surface area contributed by atoms with Gasteiger partial charge in [0.25, 0.3) is 5.91 Å². The Labute approximate surface area is 183 Å². The fourth-order valence-corrected chi connectivity index (χ4v) is 3.94. The number of aromatic nitrogens is 4. The van der Waals surface area contributed by atoms with Gasteiger partial charge in [0, 0.05) is 24.8 Å². The summed E-state index contributed by atoms with van der Waals surface area (Å²) in [5, 5.41) is 11.5. The molecule has 4 rings (SSSR count). The van der Waals surface area contributed by atoms with E-state index in [9.17, 15) is 18.0 Å². The molecule has 168 valence electrons. The summed E-state index contributed by atoms with van der Waals surface area (Å²) >= 11 is 0. The van der Waals surface area contributed by atoms with Gasteiger partial charge in [-0.25, -0.2) is 4.98 Å². The lowest BCUT2D eigenvalue weighted by molar-refractivity contribution is -0.137. The largest absolute Gasteiger partial charge is 0.417 e. The van der Waals surface area contributed by atoms with Gasteiger partial charge in [0.2, 0.25) is 0 Å². The quantitative estimate of drug-likeness (QED) is 0.656. The predicted octanol–water partition coefficient (Wildman–Crippen LogP) is 4.09. The van der Waals surface area contributed by atoms with Gasteiger partial charge in [-0.1, -0.05) is 6.07 Å². The highest BCUT2D eigenvalue weighted by Gasteiger charge is 2.34. The van der Waals surface area contributed by atoms with Crippen LogP contribution in [-0.2, 0) is 6.18 Å². The van der Waals surface area contributed by atoms with Crippen LogP contribution in [0.2, 0.25) is 0 Å². The Balaban J connectivity index is 1.54. The summed E-state index contributed by atoms with van der Waals surface area (Å²) in [7, 11) is 0. The average molecular weight is 444 g/mol. The van der Waals surface area contributed by atoms with Gasteiger partial charge < -0.3 is 10.2 Å². The molecule has 0 radical (unpaired) electrons. The van der Waals surface area contributed by atoms with Crippen molar-refractivity contribution >= 4 is 11.7 Å². The zero-order valence-corrected chi connectivity index (χ0v) is 17.7. The first-order chi connectivity index (χ1) is 15.2. The molecule has 3 aromatic rings. The van der Waals surface area contributed by atoms with Crippen LogP contribution >= 0.6 is 0 Å². The highest BCUT2D eigenvalue weighted by atomic mass is 19.4. The number of carbonyl (C=O) groups excluding carboxylic acids is 1. The Morgan fingerprint density at radius 3 is 2.56 bits per heavy atom. The molecule has 1 aliphatic heterocycles. The third kappa shape index (κ3) is 4.44. The number of halogens is 3. The molecule has 7 nitrogen and oxygen atoms in total. The van der Waals surface area contributed by atoms with Crippen molar-refractivity contribution in [3.63, 3.8) is 0 Å². The van der Waals surface area contributed by atoms with Gasteiger partial charge in [-0.15, -0.1) is 0 Å². The number of likely N-dealkylation sites (tertiary alicyclic amines) is 1. The summed E-state index contributed by atoms with van der Waals surface area (Å²) in [4.78, 5) is 20.6. The summed E-state index contributed by atoms with van der Waals surface area (Å²) in [6, 6.07) is 7.49. The number of benzene rings is 1. The van der Waals surface area contributed by atoms with Crippen LogP contribution in [0.15, 0.2) is 48.9 Å². The first-order valence-electron chi connectivity index (χ1n) is 10.3. The molecule has 1 N–H and O–H groups in total. The van der Waals surface area contributed by atoms with E-state index in [1.807, 2.05) is 26.0 Å². The van der Waals surface area contributed by atoms with Crippen LogP contribution in [0, 0.1) is 6.92 Å². The topological polar surface area (TPSA) is 75.9 Å². The van der Waals surface area contributed by atoms with E-state index in [0.29, 0.717) is 23.6 Å². The molecule has 1 aliphatic rings. The molecule has 3 heterocycles. The van der Waals surface area contributed by atoms with E-state index in [4.69, 9.17) is 0 Å². The van der Waals surface area contributed by atoms with E-state index in [1.54, 1.807) is 23.4 Å². The molecule has 2 atom stereocenters. The Hall–Kier alpha value is -3.43. The number of rotatable bonds is 4. The summed E-state index contributed by atoms with van der Waals surface area (Å²) in [6.45, 7) is 4.44. The van der Waals surface area contributed by atoms with Gasteiger partial charge in [-0.3, -0.25) is 4.79 Å². The summed E-state index contributed by atoms with van der Waals surface area (Å²) in [6.07, 6.45) is 1.02. The van der Waals surface area contributed by atoms with Crippen LogP contribution in [0.25, 0.3) is 5.69 Å². The van der Waals surface area contributed by atoms with Crippen molar-refractivity contribution in [2.75, 3.05) is 11.9 Å². The van der Waals surface area contributed by atoms with Crippen molar-refractivity contribution in [2.45, 2.75) is 44.9 Å². The Morgan fingerprint density at radius 1 is 1.16 bits per heavy atom. The smallest absolute Gasteiger partial charge is 0.365 e. The van der Waals surface area contributed by atoms with Crippen LogP contribution in [0.5, 0.6) is 0 Å². The molecule has 0 unspecified atom stereocenters. The maximum Gasteiger partial charge on any atom is 0.417 e. The highest BCUT2D eigenvalue weighted by molar-refractivity contribution is 5.98. The highest BCUT2D eigenvalue weighted by Crippen LogP contribution is 2.30. The van der Waals surface area contributed by atoms with E-state index in [1.165, 1.54) is 10.9 Å². The van der Waals surface area contributed by atoms with Crippen LogP contribution in [-0.4, -0.2) is 49.4 Å². The monoisotopic (exact) mass is 444 g/mol. The standard InChI is InChI=1S/C22H23F3N6O/c1-14-5-7-17(19(12-14)31-27-9-10-28-31)21(32)30-11-3-4-18(15(30)2)29-20-8-6-16(13-26-20)22(23,24)25/h5-10,12-13,15,18H,3-4,11H2,1-2H3,(H,26,29)/t15-,18+/m0/s1. The molecule has 0 aliphatic carbocycles. The normalized spacial score (nSPS) is 19.1. The van der Waals surface area contributed by atoms with Gasteiger partial charge in [0.1, 0.15) is 5.82 Å². The number of anilines is 1. The maximum atomic E-state index is 13.5. The second-order valence-corrected chi connectivity index (χ2v) is 7.90. The lowest BCUT2D eigenvalue weighted by atomic mass is 9.96. The molecule has 1 aromatic carbocycles. The molecule has 1 fully saturated rings. The number of piperidine rings is 1. The fraction of sp³-hybridized carbons (Fsp3) is 0.364. The first-order valence-corrected chi connectivity index (χ1v) is 10.3. The first kappa shape index (κ1) is 21.8. The average Bonchev–Trinajstić information content (AvgIpc) is 3.29. The number of alkyl halides is 3. The molecular weight excluding hydrogens is 421 g/mol. The van der Waals surface area contributed by atoms with Gasteiger partial charge in [-0.05, 0) is 56.5 Å². The van der Waals surface area contributed by atoms with Gasteiger partial charge >= 0.3 is 6.18 Å². The van der Waals surface area contributed by atoms with Crippen LogP contribution in [0.3, 0.4) is 0 Å². The van der Waals surface area contributed by atoms with E-state index < -0.39 is 11.7 Å². The van der Waals surface area contributed by atoms with Crippen LogP contribution < -0.4 is 5.32 Å². The fourth-order valence-electron chi connectivity index (χ4n) is 3.94. The van der Waals surface area contributed by atoms with Crippen molar-refractivity contribution in [3.8, 4) is 5.69 Å². The molecule has 1 saturated heterocycles. The van der Waals surface area contributed by atoms with E-state index in [2.05, 4.69) is 20.5 Å². The second-order valence-electron chi connectivity index (χ2n) is 7.90. The minimum absolute atomic E-state index is 0.142. The summed E-state index contributed by atoms with van der Waals surface area (Å²) in [5.41, 5.74) is 1.28. The maximum absolute atomic E-state index is 13.5. The van der Waals surface area contributed by atoms with Crippen molar-refractivity contribution in [2.24, 2.45) is 0 Å². The molecule has 1 amide bonds. The zero-order chi connectivity index (χ0) is 22.9. The van der Waals surface area contributed by atoms with Crippen molar-refractivity contribution < 1.29 is 18.0 Å². The minimum Gasteiger partial charge on any atom is -0.365 e. The number of amides is 1. The Kier molecular flexibility index (Phi) is 5.86. The number of nitrogens with one attached hydrogen (secondary N) is 1. The van der Waals surface area contributed by atoms with Crippen molar-refractivity contribution in [1.82, 2.24) is 24.9 Å². The lowest BCUT2D eigenvalue weighted by Crippen LogP contribution is -2.52. The Bertz CT molecular complexity index is 1080. The van der Waals surface area contributed by atoms with E-state index in [-0.39, 0.29) is 18.0 Å². The Morgan fingerprint density at radius 2 is 1.91 bits per heavy atom. The molecule has 0 spiro atoms. The molecule has 0 bridgehead atoms. The number of aryl methyl sites for hydroxylation is 1. The minimum atomic E-state index is -4.43. The summed E-state index contributed by atoms with van der Waals surface area (Å²) in [5.74, 6) is 0.206. The van der Waals surface area contributed by atoms with Crippen LogP contribution in [0.1, 0.15) is 41.3 Å². The molecule has 2 aromatic heterocycles.